The molecular weight excluding hydrogens is 358 g/mol. The van der Waals surface area contributed by atoms with E-state index < -0.39 is 4.92 Å². The summed E-state index contributed by atoms with van der Waals surface area (Å²) in [6.07, 6.45) is 1.37. The van der Waals surface area contributed by atoms with Crippen LogP contribution in [0.4, 0.5) is 17.2 Å². The van der Waals surface area contributed by atoms with Crippen LogP contribution in [0.1, 0.15) is 18.5 Å². The predicted molar refractivity (Wildman–Crippen MR) is 98.4 cm³/mol. The maximum absolute atomic E-state index is 12.5. The topological polar surface area (TPSA) is 101 Å². The van der Waals surface area contributed by atoms with Crippen LogP contribution in [0, 0.1) is 23.0 Å². The number of benzene rings is 1. The maximum atomic E-state index is 12.5. The van der Waals surface area contributed by atoms with Gasteiger partial charge >= 0.3 is 0 Å². The van der Waals surface area contributed by atoms with Crippen molar-refractivity contribution >= 4 is 34.7 Å². The van der Waals surface area contributed by atoms with Crippen molar-refractivity contribution in [2.75, 3.05) is 23.3 Å². The number of aryl methyl sites for hydroxylation is 1. The Hall–Kier alpha value is -2.74. The molecule has 1 aliphatic rings. The highest BCUT2D eigenvalue weighted by molar-refractivity contribution is 6.34. The Morgan fingerprint density at radius 3 is 2.58 bits per heavy atom. The number of amides is 1. The molecule has 3 rings (SSSR count). The number of non-ortho nitro benzene ring substituents is 1. The van der Waals surface area contributed by atoms with E-state index in [2.05, 4.69) is 20.4 Å². The van der Waals surface area contributed by atoms with Gasteiger partial charge in [-0.25, -0.2) is 0 Å². The summed E-state index contributed by atoms with van der Waals surface area (Å²) < 4.78 is 0. The van der Waals surface area contributed by atoms with Crippen LogP contribution in [0.5, 0.6) is 0 Å². The zero-order valence-electron chi connectivity index (χ0n) is 14.2. The number of nitrogens with one attached hydrogen (secondary N) is 1. The number of hydrogen-bond acceptors (Lipinski definition) is 6. The van der Waals surface area contributed by atoms with Gasteiger partial charge < -0.3 is 10.2 Å². The van der Waals surface area contributed by atoms with Gasteiger partial charge in [-0.05, 0) is 38.0 Å². The average molecular weight is 376 g/mol. The summed E-state index contributed by atoms with van der Waals surface area (Å²) in [4.78, 5) is 24.8. The highest BCUT2D eigenvalue weighted by atomic mass is 35.5. The van der Waals surface area contributed by atoms with Crippen molar-refractivity contribution < 1.29 is 9.72 Å². The van der Waals surface area contributed by atoms with Crippen LogP contribution in [0.3, 0.4) is 0 Å². The summed E-state index contributed by atoms with van der Waals surface area (Å²) in [6.45, 7) is 3.31. The third kappa shape index (κ3) is 4.08. The number of aromatic nitrogens is 2. The summed E-state index contributed by atoms with van der Waals surface area (Å²) in [7, 11) is 0. The molecule has 0 aliphatic carbocycles. The number of carbonyl (C=O) groups is 1. The van der Waals surface area contributed by atoms with Crippen LogP contribution in [0.2, 0.25) is 5.02 Å². The van der Waals surface area contributed by atoms with E-state index in [0.717, 1.165) is 11.5 Å². The zero-order chi connectivity index (χ0) is 18.7. The fourth-order valence-corrected chi connectivity index (χ4v) is 3.11. The Kier molecular flexibility index (Phi) is 5.32. The van der Waals surface area contributed by atoms with E-state index in [1.807, 2.05) is 19.1 Å². The summed E-state index contributed by atoms with van der Waals surface area (Å²) >= 11 is 6.03. The number of hydrogen-bond donors (Lipinski definition) is 1. The number of nitro benzene ring substituents is 1. The largest absolute Gasteiger partial charge is 0.355 e. The Labute approximate surface area is 155 Å². The molecule has 136 valence electrons. The van der Waals surface area contributed by atoms with Crippen LogP contribution in [0.15, 0.2) is 30.3 Å². The molecule has 1 saturated heterocycles. The van der Waals surface area contributed by atoms with E-state index in [-0.39, 0.29) is 22.5 Å². The lowest BCUT2D eigenvalue weighted by atomic mass is 9.96. The molecular formula is C17H18ClN5O3. The molecule has 1 aromatic heterocycles. The van der Waals surface area contributed by atoms with Gasteiger partial charge in [-0.1, -0.05) is 11.6 Å². The Morgan fingerprint density at radius 1 is 1.27 bits per heavy atom. The summed E-state index contributed by atoms with van der Waals surface area (Å²) in [5.74, 6) is 0.541. The monoisotopic (exact) mass is 375 g/mol. The lowest BCUT2D eigenvalue weighted by Gasteiger charge is -2.31. The molecule has 1 aliphatic heterocycles. The first-order valence-electron chi connectivity index (χ1n) is 8.24. The first-order valence-corrected chi connectivity index (χ1v) is 8.62. The number of piperidine rings is 1. The summed E-state index contributed by atoms with van der Waals surface area (Å²) in [6, 6.07) is 7.85. The van der Waals surface area contributed by atoms with Gasteiger partial charge in [0.05, 0.1) is 21.3 Å². The van der Waals surface area contributed by atoms with Crippen LogP contribution >= 0.6 is 11.6 Å². The molecule has 0 radical (unpaired) electrons. The van der Waals surface area contributed by atoms with E-state index in [4.69, 9.17) is 11.6 Å². The second-order valence-corrected chi connectivity index (χ2v) is 6.61. The number of nitro groups is 1. The number of halogens is 1. The molecule has 1 N–H and O–H groups in total. The number of rotatable bonds is 4. The molecule has 9 heteroatoms. The molecule has 0 atom stereocenters. The van der Waals surface area contributed by atoms with E-state index in [1.54, 1.807) is 0 Å². The second kappa shape index (κ2) is 7.65. The zero-order valence-corrected chi connectivity index (χ0v) is 14.9. The first-order chi connectivity index (χ1) is 12.4. The molecule has 0 unspecified atom stereocenters. The van der Waals surface area contributed by atoms with Crippen LogP contribution in [-0.4, -0.2) is 34.1 Å². The number of anilines is 2. The van der Waals surface area contributed by atoms with E-state index in [0.29, 0.717) is 31.6 Å². The van der Waals surface area contributed by atoms with Crippen molar-refractivity contribution in [2.45, 2.75) is 19.8 Å². The fraction of sp³-hybridized carbons (Fsp3) is 0.353. The highest BCUT2D eigenvalue weighted by Gasteiger charge is 2.26. The summed E-state index contributed by atoms with van der Waals surface area (Å²) in [5, 5.41) is 21.9. The Balaban J connectivity index is 1.58. The molecule has 0 spiro atoms. The molecule has 1 aromatic carbocycles. The van der Waals surface area contributed by atoms with Gasteiger partial charge in [-0.2, -0.15) is 5.10 Å². The second-order valence-electron chi connectivity index (χ2n) is 6.20. The van der Waals surface area contributed by atoms with Crippen LogP contribution in [0.25, 0.3) is 0 Å². The van der Waals surface area contributed by atoms with E-state index in [1.165, 1.54) is 18.2 Å². The lowest BCUT2D eigenvalue weighted by Crippen LogP contribution is -2.38. The minimum atomic E-state index is -0.527. The SMILES string of the molecule is Cc1ccc(N2CCC(C(=O)Nc3ccc([N+](=O)[O-])cc3Cl)CC2)nn1. The molecule has 1 fully saturated rings. The van der Waals surface area contributed by atoms with Gasteiger partial charge in [0.25, 0.3) is 5.69 Å². The first kappa shape index (κ1) is 18.1. The van der Waals surface area contributed by atoms with Gasteiger partial charge in [0.1, 0.15) is 0 Å². The molecule has 2 aromatic rings. The van der Waals surface area contributed by atoms with Crippen LogP contribution in [-0.2, 0) is 4.79 Å². The van der Waals surface area contributed by atoms with Crippen LogP contribution < -0.4 is 10.2 Å². The lowest BCUT2D eigenvalue weighted by molar-refractivity contribution is -0.384. The maximum Gasteiger partial charge on any atom is 0.271 e. The van der Waals surface area contributed by atoms with Gasteiger partial charge in [-0.3, -0.25) is 14.9 Å². The molecule has 0 bridgehead atoms. The third-order valence-corrected chi connectivity index (χ3v) is 4.71. The van der Waals surface area contributed by atoms with Gasteiger partial charge in [-0.15, -0.1) is 5.10 Å². The Bertz CT molecular complexity index is 820. The average Bonchev–Trinajstić information content (AvgIpc) is 2.64. The third-order valence-electron chi connectivity index (χ3n) is 4.39. The highest BCUT2D eigenvalue weighted by Crippen LogP contribution is 2.28. The summed E-state index contributed by atoms with van der Waals surface area (Å²) in [5.41, 5.74) is 1.14. The normalized spacial score (nSPS) is 14.9. The van der Waals surface area contributed by atoms with Crippen molar-refractivity contribution in [1.82, 2.24) is 10.2 Å². The van der Waals surface area contributed by atoms with Crippen molar-refractivity contribution in [3.05, 3.63) is 51.2 Å². The van der Waals surface area contributed by atoms with Gasteiger partial charge in [0.15, 0.2) is 5.82 Å². The minimum Gasteiger partial charge on any atom is -0.355 e. The number of carbonyl (C=O) groups excluding carboxylic acids is 1. The quantitative estimate of drug-likeness (QED) is 0.650. The minimum absolute atomic E-state index is 0.111. The number of nitrogens with zero attached hydrogens (tertiary/aromatic N) is 4. The van der Waals surface area contributed by atoms with Gasteiger partial charge in [0, 0.05) is 31.1 Å². The molecule has 2 heterocycles. The smallest absolute Gasteiger partial charge is 0.271 e. The van der Waals surface area contributed by atoms with E-state index in [9.17, 15) is 14.9 Å². The van der Waals surface area contributed by atoms with E-state index >= 15 is 0 Å². The van der Waals surface area contributed by atoms with Crippen molar-refractivity contribution in [3.8, 4) is 0 Å². The molecule has 0 saturated carbocycles. The van der Waals surface area contributed by atoms with Crippen molar-refractivity contribution in [2.24, 2.45) is 5.92 Å². The molecule has 8 nitrogen and oxygen atoms in total. The van der Waals surface area contributed by atoms with Crippen molar-refractivity contribution in [3.63, 3.8) is 0 Å². The fourth-order valence-electron chi connectivity index (χ4n) is 2.89. The van der Waals surface area contributed by atoms with Crippen molar-refractivity contribution in [1.29, 1.82) is 0 Å². The predicted octanol–water partition coefficient (Wildman–Crippen LogP) is 3.20. The standard InChI is InChI=1S/C17H18ClN5O3/c1-11-2-5-16(21-20-11)22-8-6-12(7-9-22)17(24)19-15-4-3-13(23(25)26)10-14(15)18/h2-5,10,12H,6-9H2,1H3,(H,19,24). The Morgan fingerprint density at radius 2 is 2.00 bits per heavy atom. The molecule has 1 amide bonds. The molecule has 26 heavy (non-hydrogen) atoms. The van der Waals surface area contributed by atoms with Gasteiger partial charge in [0.2, 0.25) is 5.91 Å².